The van der Waals surface area contributed by atoms with Crippen molar-refractivity contribution in [3.05, 3.63) is 0 Å². The molecule has 0 amide bonds. The van der Waals surface area contributed by atoms with Gasteiger partial charge in [-0.3, -0.25) is 9.89 Å². The molecule has 1 rings (SSSR count). The number of rotatable bonds is 2. The van der Waals surface area contributed by atoms with E-state index >= 15 is 0 Å². The maximum absolute atomic E-state index is 6.05. The number of aliphatic imine (C=N–C) groups is 1. The van der Waals surface area contributed by atoms with E-state index in [2.05, 4.69) is 42.7 Å². The van der Waals surface area contributed by atoms with Gasteiger partial charge in [-0.15, -0.1) is 0 Å². The molecule has 1 aliphatic heterocycles. The van der Waals surface area contributed by atoms with E-state index in [9.17, 15) is 0 Å². The lowest BCUT2D eigenvalue weighted by Gasteiger charge is -2.27. The van der Waals surface area contributed by atoms with Gasteiger partial charge in [0.2, 0.25) is 0 Å². The van der Waals surface area contributed by atoms with E-state index in [0.717, 1.165) is 25.5 Å². The van der Waals surface area contributed by atoms with Crippen molar-refractivity contribution in [3.63, 3.8) is 0 Å². The Labute approximate surface area is 93.1 Å². The minimum absolute atomic E-state index is 0.278. The molecule has 0 radical (unpaired) electrons. The first-order valence-electron chi connectivity index (χ1n) is 5.72. The van der Waals surface area contributed by atoms with E-state index in [1.54, 1.807) is 0 Å². The van der Waals surface area contributed by atoms with E-state index in [4.69, 9.17) is 5.73 Å². The van der Waals surface area contributed by atoms with Crippen LogP contribution in [0.15, 0.2) is 4.99 Å². The molecule has 0 aromatic rings. The van der Waals surface area contributed by atoms with E-state index in [1.165, 1.54) is 6.42 Å². The Balaban J connectivity index is 2.71. The minimum Gasteiger partial charge on any atom is -0.386 e. The molecule has 1 atom stereocenters. The fraction of sp³-hybridized carbons (Fsp3) is 0.909. The molecule has 0 saturated carbocycles. The summed E-state index contributed by atoms with van der Waals surface area (Å²) in [7, 11) is 4.28. The fourth-order valence-corrected chi connectivity index (χ4v) is 1.98. The molecular weight excluding hydrogens is 188 g/mol. The molecule has 88 valence electrons. The van der Waals surface area contributed by atoms with Crippen LogP contribution < -0.4 is 5.73 Å². The smallest absolute Gasteiger partial charge is 0.113 e. The van der Waals surface area contributed by atoms with Gasteiger partial charge in [0, 0.05) is 12.6 Å². The molecule has 1 saturated heterocycles. The average Bonchev–Trinajstić information content (AvgIpc) is 2.27. The summed E-state index contributed by atoms with van der Waals surface area (Å²) >= 11 is 0. The molecular formula is C11H24N4. The van der Waals surface area contributed by atoms with Crippen LogP contribution in [0.1, 0.15) is 20.3 Å². The molecule has 1 unspecified atom stereocenters. The van der Waals surface area contributed by atoms with Crippen molar-refractivity contribution in [3.8, 4) is 0 Å². The first-order valence-corrected chi connectivity index (χ1v) is 5.72. The summed E-state index contributed by atoms with van der Waals surface area (Å²) < 4.78 is 0. The predicted octanol–water partition coefficient (Wildman–Crippen LogP) is 0.388. The van der Waals surface area contributed by atoms with Gasteiger partial charge in [0.1, 0.15) is 5.84 Å². The van der Waals surface area contributed by atoms with Crippen LogP contribution >= 0.6 is 0 Å². The molecule has 15 heavy (non-hydrogen) atoms. The Hall–Kier alpha value is -0.610. The number of nitrogens with two attached hydrogens (primary N) is 1. The van der Waals surface area contributed by atoms with Gasteiger partial charge >= 0.3 is 0 Å². The van der Waals surface area contributed by atoms with E-state index in [-0.39, 0.29) is 12.1 Å². The highest BCUT2D eigenvalue weighted by molar-refractivity contribution is 5.86. The monoisotopic (exact) mass is 212 g/mol. The van der Waals surface area contributed by atoms with Crippen molar-refractivity contribution >= 4 is 5.84 Å². The Kier molecular flexibility index (Phi) is 4.54. The third-order valence-corrected chi connectivity index (χ3v) is 2.82. The third kappa shape index (κ3) is 3.80. The van der Waals surface area contributed by atoms with Gasteiger partial charge in [-0.2, -0.15) is 0 Å². The second-order valence-electron chi connectivity index (χ2n) is 4.76. The van der Waals surface area contributed by atoms with Gasteiger partial charge in [0.15, 0.2) is 0 Å². The highest BCUT2D eigenvalue weighted by Crippen LogP contribution is 2.07. The van der Waals surface area contributed by atoms with Crippen LogP contribution in [-0.2, 0) is 0 Å². The lowest BCUT2D eigenvalue weighted by molar-refractivity contribution is 0.277. The topological polar surface area (TPSA) is 44.9 Å². The van der Waals surface area contributed by atoms with Crippen molar-refractivity contribution in [2.75, 3.05) is 33.7 Å². The molecule has 2 N–H and O–H groups in total. The second-order valence-corrected chi connectivity index (χ2v) is 4.76. The van der Waals surface area contributed by atoms with Crippen LogP contribution in [0.25, 0.3) is 0 Å². The summed E-state index contributed by atoms with van der Waals surface area (Å²) in [6.45, 7) is 7.36. The summed E-state index contributed by atoms with van der Waals surface area (Å²) in [6, 6.07) is 0.562. The molecule has 4 nitrogen and oxygen atoms in total. The molecule has 1 fully saturated rings. The van der Waals surface area contributed by atoms with Gasteiger partial charge in [-0.1, -0.05) is 0 Å². The van der Waals surface area contributed by atoms with Crippen molar-refractivity contribution in [1.29, 1.82) is 0 Å². The number of nitrogens with zero attached hydrogens (tertiary/aromatic N) is 3. The first kappa shape index (κ1) is 12.5. The van der Waals surface area contributed by atoms with Crippen LogP contribution in [0, 0.1) is 0 Å². The number of likely N-dealkylation sites (N-methyl/N-ethyl adjacent to an activating group) is 2. The zero-order valence-corrected chi connectivity index (χ0v) is 10.4. The Morgan fingerprint density at radius 2 is 2.00 bits per heavy atom. The van der Waals surface area contributed by atoms with Gasteiger partial charge in [-0.25, -0.2) is 0 Å². The normalized spacial score (nSPS) is 27.0. The van der Waals surface area contributed by atoms with Gasteiger partial charge in [-0.05, 0) is 47.5 Å². The number of hydrogen-bond acceptors (Lipinski definition) is 3. The fourth-order valence-electron chi connectivity index (χ4n) is 1.98. The molecule has 1 aliphatic rings. The van der Waals surface area contributed by atoms with Crippen LogP contribution in [-0.4, -0.2) is 61.4 Å². The van der Waals surface area contributed by atoms with Crippen LogP contribution in [0.4, 0.5) is 0 Å². The summed E-state index contributed by atoms with van der Waals surface area (Å²) in [4.78, 5) is 9.09. The molecule has 0 aromatic heterocycles. The maximum Gasteiger partial charge on any atom is 0.113 e. The zero-order valence-electron chi connectivity index (χ0n) is 10.4. The third-order valence-electron chi connectivity index (χ3n) is 2.82. The molecule has 0 spiro atoms. The molecule has 0 bridgehead atoms. The van der Waals surface area contributed by atoms with Crippen LogP contribution in [0.5, 0.6) is 0 Å². The Bertz CT molecular complexity index is 225. The second kappa shape index (κ2) is 5.47. The van der Waals surface area contributed by atoms with Crippen molar-refractivity contribution in [2.24, 2.45) is 10.7 Å². The summed E-state index contributed by atoms with van der Waals surface area (Å²) in [5.41, 5.74) is 6.05. The summed E-state index contributed by atoms with van der Waals surface area (Å²) in [5.74, 6) is 0.779. The quantitative estimate of drug-likeness (QED) is 0.532. The molecule has 0 aromatic carbocycles. The highest BCUT2D eigenvalue weighted by Gasteiger charge is 2.23. The van der Waals surface area contributed by atoms with Crippen molar-refractivity contribution in [2.45, 2.75) is 32.4 Å². The minimum atomic E-state index is 0.278. The standard InChI is InChI=1S/C11H24N4/c1-9(2)13-11(12)10-8-14(3)6-5-7-15(10)4/h9-10H,5-8H2,1-4H3,(H2,12,13). The molecule has 1 heterocycles. The highest BCUT2D eigenvalue weighted by atomic mass is 15.2. The SMILES string of the molecule is CC(C)N=C(N)C1CN(C)CCCN1C. The van der Waals surface area contributed by atoms with E-state index < -0.39 is 0 Å². The summed E-state index contributed by atoms with van der Waals surface area (Å²) in [6.07, 6.45) is 1.21. The lowest BCUT2D eigenvalue weighted by Crippen LogP contribution is -2.47. The lowest BCUT2D eigenvalue weighted by atomic mass is 10.2. The Morgan fingerprint density at radius 1 is 1.33 bits per heavy atom. The average molecular weight is 212 g/mol. The van der Waals surface area contributed by atoms with Crippen LogP contribution in [0.2, 0.25) is 0 Å². The van der Waals surface area contributed by atoms with Crippen LogP contribution in [0.3, 0.4) is 0 Å². The van der Waals surface area contributed by atoms with Gasteiger partial charge < -0.3 is 10.6 Å². The molecule has 0 aliphatic carbocycles. The van der Waals surface area contributed by atoms with Gasteiger partial charge in [0.25, 0.3) is 0 Å². The molecule has 4 heteroatoms. The predicted molar refractivity (Wildman–Crippen MR) is 65.3 cm³/mol. The first-order chi connectivity index (χ1) is 7.00. The van der Waals surface area contributed by atoms with E-state index in [1.807, 2.05) is 0 Å². The summed E-state index contributed by atoms with van der Waals surface area (Å²) in [5, 5.41) is 0. The zero-order chi connectivity index (χ0) is 11.4. The van der Waals surface area contributed by atoms with Crippen molar-refractivity contribution in [1.82, 2.24) is 9.80 Å². The Morgan fingerprint density at radius 3 is 2.60 bits per heavy atom. The van der Waals surface area contributed by atoms with Gasteiger partial charge in [0.05, 0.1) is 6.04 Å². The maximum atomic E-state index is 6.05. The number of hydrogen-bond donors (Lipinski definition) is 1. The largest absolute Gasteiger partial charge is 0.386 e. The number of amidine groups is 1. The van der Waals surface area contributed by atoms with E-state index in [0.29, 0.717) is 0 Å². The van der Waals surface area contributed by atoms with Crippen molar-refractivity contribution < 1.29 is 0 Å².